The van der Waals surface area contributed by atoms with Gasteiger partial charge in [-0.25, -0.2) is 4.39 Å². The smallest absolute Gasteiger partial charge is 0.126 e. The van der Waals surface area contributed by atoms with E-state index in [-0.39, 0.29) is 11.9 Å². The summed E-state index contributed by atoms with van der Waals surface area (Å²) < 4.78 is 13.2. The number of aliphatic hydroxyl groups is 1. The van der Waals surface area contributed by atoms with Gasteiger partial charge in [0.15, 0.2) is 0 Å². The van der Waals surface area contributed by atoms with Crippen LogP contribution >= 0.6 is 0 Å². The number of nitrogens with one attached hydrogen (secondary N) is 1. The third-order valence-corrected chi connectivity index (χ3v) is 3.09. The van der Waals surface area contributed by atoms with Gasteiger partial charge in [-0.15, -0.1) is 0 Å². The average molecular weight is 223 g/mol. The van der Waals surface area contributed by atoms with E-state index in [4.69, 9.17) is 0 Å². The topological polar surface area (TPSA) is 32.3 Å². The van der Waals surface area contributed by atoms with Crippen LogP contribution in [0.4, 0.5) is 4.39 Å². The summed E-state index contributed by atoms with van der Waals surface area (Å²) in [6.45, 7) is 2.96. The van der Waals surface area contributed by atoms with Crippen LogP contribution < -0.4 is 5.32 Å². The van der Waals surface area contributed by atoms with Gasteiger partial charge >= 0.3 is 0 Å². The summed E-state index contributed by atoms with van der Waals surface area (Å²) in [5.74, 6) is 0.323. The van der Waals surface area contributed by atoms with Crippen LogP contribution in [-0.4, -0.2) is 17.8 Å². The quantitative estimate of drug-likeness (QED) is 0.800. The highest BCUT2D eigenvalue weighted by molar-refractivity contribution is 5.23. The van der Waals surface area contributed by atoms with Crippen LogP contribution in [0.25, 0.3) is 0 Å². The van der Waals surface area contributed by atoms with E-state index in [0.717, 1.165) is 18.4 Å². The Morgan fingerprint density at radius 1 is 1.50 bits per heavy atom. The molecule has 0 radical (unpaired) electrons. The monoisotopic (exact) mass is 223 g/mol. The molecule has 1 aliphatic rings. The Bertz CT molecular complexity index is 363. The molecule has 1 aromatic rings. The highest BCUT2D eigenvalue weighted by Crippen LogP contribution is 2.32. The molecule has 0 bridgehead atoms. The molecule has 3 heteroatoms. The molecule has 2 nitrogen and oxygen atoms in total. The van der Waals surface area contributed by atoms with E-state index in [9.17, 15) is 9.50 Å². The molecule has 0 aliphatic heterocycles. The zero-order valence-corrected chi connectivity index (χ0v) is 9.54. The number of hydrogen-bond acceptors (Lipinski definition) is 2. The van der Waals surface area contributed by atoms with E-state index in [1.54, 1.807) is 19.1 Å². The Morgan fingerprint density at radius 3 is 2.88 bits per heavy atom. The van der Waals surface area contributed by atoms with Crippen molar-refractivity contribution >= 4 is 0 Å². The van der Waals surface area contributed by atoms with Crippen molar-refractivity contribution in [2.45, 2.75) is 32.4 Å². The fraction of sp³-hybridized carbons (Fsp3) is 0.538. The fourth-order valence-corrected chi connectivity index (χ4v) is 1.76. The first-order valence-corrected chi connectivity index (χ1v) is 5.80. The molecule has 1 unspecified atom stereocenters. The largest absolute Gasteiger partial charge is 0.392 e. The van der Waals surface area contributed by atoms with Crippen molar-refractivity contribution in [3.63, 3.8) is 0 Å². The lowest BCUT2D eigenvalue weighted by atomic mass is 10.1. The van der Waals surface area contributed by atoms with E-state index < -0.39 is 0 Å². The van der Waals surface area contributed by atoms with Crippen molar-refractivity contribution in [2.24, 2.45) is 5.92 Å². The van der Waals surface area contributed by atoms with Crippen molar-refractivity contribution in [3.05, 3.63) is 35.1 Å². The molecule has 0 aromatic heterocycles. The average Bonchev–Trinajstić information content (AvgIpc) is 3.07. The molecule has 0 saturated heterocycles. The molecule has 88 valence electrons. The highest BCUT2D eigenvalue weighted by atomic mass is 19.1. The lowest BCUT2D eigenvalue weighted by molar-refractivity contribution is 0.148. The molecule has 1 aliphatic carbocycles. The van der Waals surface area contributed by atoms with Gasteiger partial charge in [0.05, 0.1) is 6.10 Å². The molecule has 2 N–H and O–H groups in total. The maximum atomic E-state index is 13.2. The van der Waals surface area contributed by atoms with E-state index in [1.807, 2.05) is 6.07 Å². The van der Waals surface area contributed by atoms with E-state index in [2.05, 4.69) is 5.32 Å². The molecular formula is C13H18FNO. The van der Waals surface area contributed by atoms with Gasteiger partial charge in [0.25, 0.3) is 0 Å². The third-order valence-electron chi connectivity index (χ3n) is 3.09. The SMILES string of the molecule is Cc1ccc(CNCC(O)C2CC2)cc1F. The van der Waals surface area contributed by atoms with Crippen LogP contribution in [0.3, 0.4) is 0 Å². The fourth-order valence-electron chi connectivity index (χ4n) is 1.76. The lowest BCUT2D eigenvalue weighted by Crippen LogP contribution is -2.27. The zero-order valence-electron chi connectivity index (χ0n) is 9.54. The normalized spacial score (nSPS) is 17.4. The molecule has 0 spiro atoms. The van der Waals surface area contributed by atoms with Crippen LogP contribution in [0.2, 0.25) is 0 Å². The molecular weight excluding hydrogens is 205 g/mol. The Hall–Kier alpha value is -0.930. The maximum absolute atomic E-state index is 13.2. The van der Waals surface area contributed by atoms with Crippen molar-refractivity contribution in [1.29, 1.82) is 0 Å². The van der Waals surface area contributed by atoms with E-state index in [0.29, 0.717) is 24.6 Å². The van der Waals surface area contributed by atoms with Crippen LogP contribution in [0.1, 0.15) is 24.0 Å². The second-order valence-corrected chi connectivity index (χ2v) is 4.62. The first-order chi connectivity index (χ1) is 7.66. The minimum atomic E-state index is -0.240. The summed E-state index contributed by atoms with van der Waals surface area (Å²) >= 11 is 0. The number of rotatable bonds is 5. The van der Waals surface area contributed by atoms with Crippen LogP contribution in [0.5, 0.6) is 0 Å². The molecule has 1 aromatic carbocycles. The maximum Gasteiger partial charge on any atom is 0.126 e. The summed E-state index contributed by atoms with van der Waals surface area (Å²) in [5, 5.41) is 12.8. The lowest BCUT2D eigenvalue weighted by Gasteiger charge is -2.10. The molecule has 1 atom stereocenters. The molecule has 0 amide bonds. The van der Waals surface area contributed by atoms with Gasteiger partial charge < -0.3 is 10.4 Å². The summed E-state index contributed by atoms with van der Waals surface area (Å²) in [7, 11) is 0. The molecule has 16 heavy (non-hydrogen) atoms. The summed E-state index contributed by atoms with van der Waals surface area (Å²) in [6, 6.07) is 5.24. The number of hydrogen-bond donors (Lipinski definition) is 2. The minimum Gasteiger partial charge on any atom is -0.392 e. The number of benzene rings is 1. The number of halogens is 1. The summed E-state index contributed by atoms with van der Waals surface area (Å²) in [4.78, 5) is 0. The second-order valence-electron chi connectivity index (χ2n) is 4.62. The standard InChI is InChI=1S/C13H18FNO/c1-9-2-3-10(6-12(9)14)7-15-8-13(16)11-4-5-11/h2-3,6,11,13,15-16H,4-5,7-8H2,1H3. The van der Waals surface area contributed by atoms with E-state index >= 15 is 0 Å². The van der Waals surface area contributed by atoms with Crippen LogP contribution in [0.15, 0.2) is 18.2 Å². The van der Waals surface area contributed by atoms with Crippen LogP contribution in [0, 0.1) is 18.7 Å². The van der Waals surface area contributed by atoms with E-state index in [1.165, 1.54) is 0 Å². The van der Waals surface area contributed by atoms with Crippen molar-refractivity contribution in [3.8, 4) is 0 Å². The summed E-state index contributed by atoms with van der Waals surface area (Å²) in [6.07, 6.45) is 2.04. The van der Waals surface area contributed by atoms with Crippen molar-refractivity contribution in [1.82, 2.24) is 5.32 Å². The van der Waals surface area contributed by atoms with Crippen molar-refractivity contribution < 1.29 is 9.50 Å². The van der Waals surface area contributed by atoms with Gasteiger partial charge in [-0.3, -0.25) is 0 Å². The second kappa shape index (κ2) is 4.93. The minimum absolute atomic E-state index is 0.165. The van der Waals surface area contributed by atoms with Crippen molar-refractivity contribution in [2.75, 3.05) is 6.54 Å². The first-order valence-electron chi connectivity index (χ1n) is 5.80. The van der Waals surface area contributed by atoms with Gasteiger partial charge in [-0.05, 0) is 42.9 Å². The Balaban J connectivity index is 1.78. The number of aliphatic hydroxyl groups excluding tert-OH is 1. The Kier molecular flexibility index (Phi) is 3.56. The Labute approximate surface area is 95.5 Å². The van der Waals surface area contributed by atoms with Gasteiger partial charge in [0, 0.05) is 13.1 Å². The highest BCUT2D eigenvalue weighted by Gasteiger charge is 2.28. The zero-order chi connectivity index (χ0) is 11.5. The number of aryl methyl sites for hydroxylation is 1. The third kappa shape index (κ3) is 3.03. The van der Waals surface area contributed by atoms with Gasteiger partial charge in [-0.1, -0.05) is 12.1 Å². The van der Waals surface area contributed by atoms with Gasteiger partial charge in [0.2, 0.25) is 0 Å². The summed E-state index contributed by atoms with van der Waals surface area (Å²) in [5.41, 5.74) is 1.59. The molecule has 0 heterocycles. The van der Waals surface area contributed by atoms with Gasteiger partial charge in [-0.2, -0.15) is 0 Å². The predicted octanol–water partition coefficient (Wildman–Crippen LogP) is 1.99. The van der Waals surface area contributed by atoms with Gasteiger partial charge in [0.1, 0.15) is 5.82 Å². The molecule has 1 saturated carbocycles. The molecule has 1 fully saturated rings. The first kappa shape index (κ1) is 11.6. The Morgan fingerprint density at radius 2 is 2.25 bits per heavy atom. The predicted molar refractivity (Wildman–Crippen MR) is 61.6 cm³/mol. The molecule has 2 rings (SSSR count). The van der Waals surface area contributed by atoms with Crippen LogP contribution in [-0.2, 0) is 6.54 Å².